The molecular weight excluding hydrogens is 733 g/mol. The number of morpholine rings is 2. The summed E-state index contributed by atoms with van der Waals surface area (Å²) in [6.45, 7) is 10.8. The van der Waals surface area contributed by atoms with E-state index in [-0.39, 0.29) is 23.6 Å². The van der Waals surface area contributed by atoms with E-state index < -0.39 is 0 Å². The van der Waals surface area contributed by atoms with E-state index in [1.807, 2.05) is 36.4 Å². The lowest BCUT2D eigenvalue weighted by Crippen LogP contribution is -2.46. The fraction of sp³-hybridized carbons (Fsp3) is 0.478. The topological polar surface area (TPSA) is 106 Å². The van der Waals surface area contributed by atoms with Crippen molar-refractivity contribution < 1.29 is 28.7 Å². The zero-order valence-corrected chi connectivity index (χ0v) is 33.2. The summed E-state index contributed by atoms with van der Waals surface area (Å²) in [6.07, 6.45) is 7.00. The molecule has 0 atom stereocenters. The quantitative estimate of drug-likeness (QED) is 0.113. The van der Waals surface area contributed by atoms with Crippen LogP contribution in [0.1, 0.15) is 80.0 Å². The van der Waals surface area contributed by atoms with Gasteiger partial charge in [0, 0.05) is 102 Å². The van der Waals surface area contributed by atoms with Gasteiger partial charge in [0.25, 0.3) is 23.6 Å². The Hall–Kier alpha value is -4.88. The number of rotatable bonds is 8. The van der Waals surface area contributed by atoms with Gasteiger partial charge in [-0.3, -0.25) is 29.0 Å². The van der Waals surface area contributed by atoms with Gasteiger partial charge in [-0.25, -0.2) is 0 Å². The van der Waals surface area contributed by atoms with E-state index in [2.05, 4.69) is 19.6 Å². The molecule has 58 heavy (non-hydrogen) atoms. The molecule has 4 amide bonds. The molecule has 300 valence electrons. The summed E-state index contributed by atoms with van der Waals surface area (Å²) in [5.41, 5.74) is 4.01. The van der Waals surface area contributed by atoms with Crippen LogP contribution in [0.5, 0.6) is 0 Å². The summed E-state index contributed by atoms with van der Waals surface area (Å²) in [6, 6.07) is 11.9. The number of piperidine rings is 2. The summed E-state index contributed by atoms with van der Waals surface area (Å²) >= 11 is 0. The van der Waals surface area contributed by atoms with Crippen LogP contribution in [0.4, 0.5) is 11.4 Å². The van der Waals surface area contributed by atoms with Crippen LogP contribution in [0.2, 0.25) is 0 Å². The Labute approximate surface area is 337 Å². The van der Waals surface area contributed by atoms with E-state index in [4.69, 9.17) is 9.47 Å². The lowest BCUT2D eigenvalue weighted by molar-refractivity contribution is 0.0573. The monoisotopic (exact) mass is 782 g/mol. The van der Waals surface area contributed by atoms with E-state index >= 15 is 0 Å². The highest BCUT2D eigenvalue weighted by Crippen LogP contribution is 2.52. The van der Waals surface area contributed by atoms with Crippen molar-refractivity contribution in [3.05, 3.63) is 58.7 Å². The number of imide groups is 2. The number of ether oxygens (including phenoxy) is 2. The predicted molar refractivity (Wildman–Crippen MR) is 225 cm³/mol. The van der Waals surface area contributed by atoms with Gasteiger partial charge in [0.15, 0.2) is 0 Å². The van der Waals surface area contributed by atoms with E-state index in [0.29, 0.717) is 112 Å². The van der Waals surface area contributed by atoms with Gasteiger partial charge in [0.2, 0.25) is 0 Å². The Morgan fingerprint density at radius 3 is 1.22 bits per heavy atom. The van der Waals surface area contributed by atoms with Crippen molar-refractivity contribution in [1.29, 1.82) is 0 Å². The van der Waals surface area contributed by atoms with Gasteiger partial charge in [-0.05, 0) is 92.3 Å². The molecule has 0 unspecified atom stereocenters. The fourth-order valence-electron chi connectivity index (χ4n) is 10.9. The Kier molecular flexibility index (Phi) is 9.02. The van der Waals surface area contributed by atoms with Crippen LogP contribution in [0.3, 0.4) is 0 Å². The standard InChI is InChI=1S/C46H50N6O6/c53-43-31-9-7-29-37-30(8-10-32(38(31)37)44(54)51(43)17-15-47-11-3-1-4-12-47)41-36(50-21-25-58-26-22-50)28-34-39-33(27-35(40(29)42(39)41)49-19-23-57-24-20-49)45(55)52(46(34)56)18-16-48-13-5-2-6-14-48/h7-10,27-28H,1-6,11-26H2. The number of carbonyl (C=O) groups excluding carboxylic acids is 4. The first-order valence-electron chi connectivity index (χ1n) is 21.6. The molecule has 12 nitrogen and oxygen atoms in total. The SMILES string of the molecule is O=C1c2ccc3c4c(N5CCOCC5)cc5c6c(cc(N7CCOCC7)c(c7ccc(c2c37)C(=O)N1CCN1CCCCC1)c64)C(=O)N(CCN1CCCCC1)C5=O. The summed E-state index contributed by atoms with van der Waals surface area (Å²) in [5.74, 6) is -1.01. The van der Waals surface area contributed by atoms with E-state index in [0.717, 1.165) is 95.6 Å². The summed E-state index contributed by atoms with van der Waals surface area (Å²) in [7, 11) is 0. The van der Waals surface area contributed by atoms with Crippen LogP contribution in [-0.4, -0.2) is 148 Å². The van der Waals surface area contributed by atoms with Gasteiger partial charge < -0.3 is 29.1 Å². The van der Waals surface area contributed by atoms with Gasteiger partial charge in [-0.1, -0.05) is 25.0 Å². The van der Waals surface area contributed by atoms with Gasteiger partial charge in [0.05, 0.1) is 37.6 Å². The molecule has 0 aromatic heterocycles. The minimum absolute atomic E-state index is 0.252. The molecule has 0 bridgehead atoms. The number of hydrogen-bond donors (Lipinski definition) is 0. The predicted octanol–water partition coefficient (Wildman–Crippen LogP) is 5.57. The molecule has 6 aliphatic heterocycles. The van der Waals surface area contributed by atoms with E-state index in [1.54, 1.807) is 0 Å². The first-order chi connectivity index (χ1) is 28.5. The highest BCUT2D eigenvalue weighted by molar-refractivity contribution is 6.44. The summed E-state index contributed by atoms with van der Waals surface area (Å²) in [5, 5.41) is 6.86. The van der Waals surface area contributed by atoms with Crippen LogP contribution in [0, 0.1) is 0 Å². The van der Waals surface area contributed by atoms with Crippen LogP contribution in [0.25, 0.3) is 43.1 Å². The van der Waals surface area contributed by atoms with Crippen LogP contribution in [0.15, 0.2) is 36.4 Å². The Bertz CT molecular complexity index is 2370. The van der Waals surface area contributed by atoms with Gasteiger partial charge in [-0.15, -0.1) is 0 Å². The number of amides is 4. The van der Waals surface area contributed by atoms with Crippen molar-refractivity contribution in [3.8, 4) is 0 Å². The second kappa shape index (κ2) is 14.4. The maximum Gasteiger partial charge on any atom is 0.261 e. The molecule has 0 saturated carbocycles. The molecule has 4 fully saturated rings. The first kappa shape index (κ1) is 36.2. The summed E-state index contributed by atoms with van der Waals surface area (Å²) < 4.78 is 11.7. The molecule has 11 rings (SSSR count). The molecule has 4 saturated heterocycles. The zero-order chi connectivity index (χ0) is 39.1. The van der Waals surface area contributed by atoms with E-state index in [1.165, 1.54) is 22.6 Å². The van der Waals surface area contributed by atoms with Crippen molar-refractivity contribution >= 4 is 78.1 Å². The van der Waals surface area contributed by atoms with Gasteiger partial charge in [-0.2, -0.15) is 0 Å². The number of nitrogens with zero attached hydrogens (tertiary/aromatic N) is 6. The number of hydrogen-bond acceptors (Lipinski definition) is 10. The number of fused-ring (bicyclic) bond motifs is 2. The molecule has 0 radical (unpaired) electrons. The average molecular weight is 783 g/mol. The van der Waals surface area contributed by atoms with E-state index in [9.17, 15) is 19.2 Å². The minimum atomic E-state index is -0.253. The maximum atomic E-state index is 14.8. The molecule has 6 heterocycles. The van der Waals surface area contributed by atoms with Crippen LogP contribution < -0.4 is 9.80 Å². The fourth-order valence-corrected chi connectivity index (χ4v) is 10.9. The molecule has 0 N–H and O–H groups in total. The Morgan fingerprint density at radius 2 is 0.793 bits per heavy atom. The van der Waals surface area contributed by atoms with Crippen molar-refractivity contribution in [2.45, 2.75) is 38.5 Å². The van der Waals surface area contributed by atoms with Gasteiger partial charge in [0.1, 0.15) is 0 Å². The molecule has 0 spiro atoms. The third-order valence-corrected chi connectivity index (χ3v) is 13.8. The van der Waals surface area contributed by atoms with Crippen molar-refractivity contribution in [2.24, 2.45) is 0 Å². The molecule has 6 aliphatic rings. The smallest absolute Gasteiger partial charge is 0.261 e. The number of benzene rings is 5. The minimum Gasteiger partial charge on any atom is -0.378 e. The second-order valence-corrected chi connectivity index (χ2v) is 17.0. The largest absolute Gasteiger partial charge is 0.378 e. The van der Waals surface area contributed by atoms with Crippen molar-refractivity contribution in [1.82, 2.24) is 19.6 Å². The number of carbonyl (C=O) groups is 4. The van der Waals surface area contributed by atoms with Crippen LogP contribution in [-0.2, 0) is 9.47 Å². The number of likely N-dealkylation sites (tertiary alicyclic amines) is 2. The molecule has 12 heteroatoms. The summed E-state index contributed by atoms with van der Waals surface area (Å²) in [4.78, 5) is 70.7. The lowest BCUT2D eigenvalue weighted by atomic mass is 9.80. The number of anilines is 2. The highest BCUT2D eigenvalue weighted by Gasteiger charge is 2.40. The van der Waals surface area contributed by atoms with Crippen molar-refractivity contribution in [3.63, 3.8) is 0 Å². The highest BCUT2D eigenvalue weighted by atomic mass is 16.5. The van der Waals surface area contributed by atoms with Crippen LogP contribution >= 0.6 is 0 Å². The second-order valence-electron chi connectivity index (χ2n) is 17.0. The Balaban J connectivity index is 1.15. The average Bonchev–Trinajstić information content (AvgIpc) is 3.27. The zero-order valence-electron chi connectivity index (χ0n) is 33.2. The normalized spacial score (nSPS) is 21.2. The Morgan fingerprint density at radius 1 is 0.397 bits per heavy atom. The molecule has 5 aromatic carbocycles. The first-order valence-corrected chi connectivity index (χ1v) is 21.6. The third kappa shape index (κ3) is 5.62. The van der Waals surface area contributed by atoms with Gasteiger partial charge >= 0.3 is 0 Å². The maximum absolute atomic E-state index is 14.8. The molecular formula is C46H50N6O6. The molecule has 5 aromatic rings. The lowest BCUT2D eigenvalue weighted by Gasteiger charge is -2.37. The van der Waals surface area contributed by atoms with Crippen molar-refractivity contribution in [2.75, 3.05) is 115 Å². The molecule has 0 aliphatic carbocycles. The third-order valence-electron chi connectivity index (χ3n) is 13.8.